The van der Waals surface area contributed by atoms with Crippen LogP contribution in [0.3, 0.4) is 0 Å². The molecule has 0 saturated carbocycles. The predicted octanol–water partition coefficient (Wildman–Crippen LogP) is 5.27. The van der Waals surface area contributed by atoms with Crippen LogP contribution in [0.2, 0.25) is 0 Å². The van der Waals surface area contributed by atoms with Crippen molar-refractivity contribution in [2.75, 3.05) is 11.9 Å². The van der Waals surface area contributed by atoms with Gasteiger partial charge in [0, 0.05) is 21.9 Å². The molecule has 0 aliphatic heterocycles. The lowest BCUT2D eigenvalue weighted by Gasteiger charge is -2.13. The zero-order chi connectivity index (χ0) is 21.5. The van der Waals surface area contributed by atoms with Crippen LogP contribution in [-0.4, -0.2) is 18.4 Å². The van der Waals surface area contributed by atoms with Gasteiger partial charge < -0.3 is 10.6 Å². The second-order valence-corrected chi connectivity index (χ2v) is 8.35. The smallest absolute Gasteiger partial charge is 0.251 e. The molecule has 30 heavy (non-hydrogen) atoms. The Balaban J connectivity index is 1.50. The molecule has 0 radical (unpaired) electrons. The second kappa shape index (κ2) is 10.1. The molecule has 5 heteroatoms. The van der Waals surface area contributed by atoms with E-state index in [1.165, 1.54) is 4.90 Å². The number of nitrogens with one attached hydrogen (secondary N) is 2. The van der Waals surface area contributed by atoms with Crippen LogP contribution in [0.5, 0.6) is 0 Å². The third kappa shape index (κ3) is 5.97. The maximum Gasteiger partial charge on any atom is 0.251 e. The first kappa shape index (κ1) is 21.7. The van der Waals surface area contributed by atoms with Gasteiger partial charge in [-0.2, -0.15) is 0 Å². The topological polar surface area (TPSA) is 58.2 Å². The Morgan fingerprint density at radius 2 is 1.50 bits per heavy atom. The quantitative estimate of drug-likeness (QED) is 0.514. The summed E-state index contributed by atoms with van der Waals surface area (Å²) < 4.78 is 0. The molecule has 154 valence electrons. The van der Waals surface area contributed by atoms with Crippen LogP contribution in [0.25, 0.3) is 0 Å². The average Bonchev–Trinajstić information content (AvgIpc) is 2.74. The molecule has 0 spiro atoms. The van der Waals surface area contributed by atoms with Crippen LogP contribution in [0.4, 0.5) is 5.69 Å². The van der Waals surface area contributed by atoms with Gasteiger partial charge in [0.15, 0.2) is 0 Å². The van der Waals surface area contributed by atoms with E-state index in [9.17, 15) is 9.59 Å². The van der Waals surface area contributed by atoms with Gasteiger partial charge in [-0.3, -0.25) is 9.59 Å². The van der Waals surface area contributed by atoms with E-state index in [0.29, 0.717) is 5.56 Å². The molecule has 2 amide bonds. The molecule has 0 atom stereocenters. The van der Waals surface area contributed by atoms with Crippen molar-refractivity contribution in [1.29, 1.82) is 0 Å². The van der Waals surface area contributed by atoms with Crippen molar-refractivity contribution in [1.82, 2.24) is 5.32 Å². The summed E-state index contributed by atoms with van der Waals surface area (Å²) in [6.07, 6.45) is 0. The summed E-state index contributed by atoms with van der Waals surface area (Å²) in [6, 6.07) is 21.7. The van der Waals surface area contributed by atoms with Crippen LogP contribution < -0.4 is 10.6 Å². The first-order valence-corrected chi connectivity index (χ1v) is 10.8. The van der Waals surface area contributed by atoms with Crippen molar-refractivity contribution in [3.05, 3.63) is 94.5 Å². The lowest BCUT2D eigenvalue weighted by atomic mass is 10.1. The molecule has 3 aromatic rings. The summed E-state index contributed by atoms with van der Waals surface area (Å²) >= 11 is 1.75. The molecule has 0 unspecified atom stereocenters. The minimum atomic E-state index is -0.259. The van der Waals surface area contributed by atoms with E-state index < -0.39 is 0 Å². The Morgan fingerprint density at radius 3 is 2.13 bits per heavy atom. The van der Waals surface area contributed by atoms with Gasteiger partial charge in [0.2, 0.25) is 5.91 Å². The highest BCUT2D eigenvalue weighted by Crippen LogP contribution is 2.23. The highest BCUT2D eigenvalue weighted by molar-refractivity contribution is 7.98. The van der Waals surface area contributed by atoms with Crippen LogP contribution in [0.1, 0.15) is 32.6 Å². The third-order valence-corrected chi connectivity index (χ3v) is 5.80. The van der Waals surface area contributed by atoms with E-state index in [2.05, 4.69) is 22.8 Å². The second-order valence-electron chi connectivity index (χ2n) is 7.30. The molecule has 0 aromatic heterocycles. The number of hydrogen-bond donors (Lipinski definition) is 2. The van der Waals surface area contributed by atoms with Crippen molar-refractivity contribution < 1.29 is 9.59 Å². The number of thioether (sulfide) groups is 1. The number of amides is 2. The zero-order valence-corrected chi connectivity index (χ0v) is 18.3. The fourth-order valence-corrected chi connectivity index (χ4v) is 4.13. The summed E-state index contributed by atoms with van der Waals surface area (Å²) in [5.74, 6) is 0.336. The third-order valence-electron chi connectivity index (χ3n) is 4.72. The van der Waals surface area contributed by atoms with Gasteiger partial charge in [0.1, 0.15) is 0 Å². The first-order chi connectivity index (χ1) is 14.4. The maximum absolute atomic E-state index is 12.4. The lowest BCUT2D eigenvalue weighted by Crippen LogP contribution is -2.33. The van der Waals surface area contributed by atoms with E-state index in [1.54, 1.807) is 23.9 Å². The lowest BCUT2D eigenvalue weighted by molar-refractivity contribution is -0.115. The van der Waals surface area contributed by atoms with Crippen LogP contribution in [0, 0.1) is 20.8 Å². The van der Waals surface area contributed by atoms with Crippen molar-refractivity contribution in [3.63, 3.8) is 0 Å². The molecule has 4 nitrogen and oxygen atoms in total. The van der Waals surface area contributed by atoms with Crippen molar-refractivity contribution in [2.24, 2.45) is 0 Å². The van der Waals surface area contributed by atoms with E-state index >= 15 is 0 Å². The van der Waals surface area contributed by atoms with Gasteiger partial charge in [-0.05, 0) is 61.7 Å². The van der Waals surface area contributed by atoms with Gasteiger partial charge in [-0.1, -0.05) is 48.0 Å². The molecule has 3 rings (SSSR count). The molecule has 0 saturated heterocycles. The minimum Gasteiger partial charge on any atom is -0.343 e. The van der Waals surface area contributed by atoms with E-state index in [-0.39, 0.29) is 18.4 Å². The molecule has 0 fully saturated rings. The summed E-state index contributed by atoms with van der Waals surface area (Å²) in [5.41, 5.74) is 5.66. The normalized spacial score (nSPS) is 10.5. The predicted molar refractivity (Wildman–Crippen MR) is 124 cm³/mol. The zero-order valence-electron chi connectivity index (χ0n) is 17.5. The Bertz CT molecular complexity index is 1010. The average molecular weight is 419 g/mol. The summed E-state index contributed by atoms with van der Waals surface area (Å²) in [6.45, 7) is 5.88. The molecule has 0 aliphatic carbocycles. The largest absolute Gasteiger partial charge is 0.343 e. The fourth-order valence-electron chi connectivity index (χ4n) is 3.26. The SMILES string of the molecule is Cc1cc(C)c(NC(=O)CNC(=O)c2ccc(CSc3ccccc3)cc2)c(C)c1. The molecule has 3 aromatic carbocycles. The van der Waals surface area contributed by atoms with Crippen LogP contribution in [-0.2, 0) is 10.5 Å². The molecule has 2 N–H and O–H groups in total. The number of carbonyl (C=O) groups is 2. The Hall–Kier alpha value is -3.05. The van der Waals surface area contributed by atoms with Gasteiger partial charge in [0.25, 0.3) is 5.91 Å². The maximum atomic E-state index is 12.4. The number of hydrogen-bond acceptors (Lipinski definition) is 3. The van der Waals surface area contributed by atoms with Gasteiger partial charge in [0.05, 0.1) is 6.54 Å². The molecular formula is C25H26N2O2S. The van der Waals surface area contributed by atoms with Gasteiger partial charge in [-0.25, -0.2) is 0 Å². The Morgan fingerprint density at radius 1 is 0.867 bits per heavy atom. The highest BCUT2D eigenvalue weighted by Gasteiger charge is 2.11. The first-order valence-electron chi connectivity index (χ1n) is 9.85. The van der Waals surface area contributed by atoms with Gasteiger partial charge >= 0.3 is 0 Å². The van der Waals surface area contributed by atoms with Gasteiger partial charge in [-0.15, -0.1) is 11.8 Å². The molecule has 0 bridgehead atoms. The molecular weight excluding hydrogens is 392 g/mol. The highest BCUT2D eigenvalue weighted by atomic mass is 32.2. The summed E-state index contributed by atoms with van der Waals surface area (Å²) in [4.78, 5) is 25.9. The standard InChI is InChI=1S/C25H26N2O2S/c1-17-13-18(2)24(19(3)14-17)27-23(28)15-26-25(29)21-11-9-20(10-12-21)16-30-22-7-5-4-6-8-22/h4-14H,15-16H2,1-3H3,(H,26,29)(H,27,28). The number of rotatable bonds is 7. The van der Waals surface area contributed by atoms with Crippen LogP contribution in [0.15, 0.2) is 71.6 Å². The minimum absolute atomic E-state index is 0.0722. The van der Waals surface area contributed by atoms with E-state index in [1.807, 2.05) is 63.2 Å². The number of anilines is 1. The summed E-state index contributed by atoms with van der Waals surface area (Å²) in [5, 5.41) is 5.59. The van der Waals surface area contributed by atoms with Crippen molar-refractivity contribution in [3.8, 4) is 0 Å². The van der Waals surface area contributed by atoms with Crippen molar-refractivity contribution >= 4 is 29.3 Å². The van der Waals surface area contributed by atoms with Crippen molar-refractivity contribution in [2.45, 2.75) is 31.4 Å². The van der Waals surface area contributed by atoms with E-state index in [4.69, 9.17) is 0 Å². The molecule has 0 aliphatic rings. The number of aryl methyl sites for hydroxylation is 3. The number of carbonyl (C=O) groups excluding carboxylic acids is 2. The fraction of sp³-hybridized carbons (Fsp3) is 0.200. The molecule has 0 heterocycles. The number of benzene rings is 3. The Kier molecular flexibility index (Phi) is 7.31. The monoisotopic (exact) mass is 418 g/mol. The Labute approximate surface area is 182 Å². The summed E-state index contributed by atoms with van der Waals surface area (Å²) in [7, 11) is 0. The van der Waals surface area contributed by atoms with Crippen LogP contribution >= 0.6 is 11.8 Å². The van der Waals surface area contributed by atoms with E-state index in [0.717, 1.165) is 33.7 Å².